The van der Waals surface area contributed by atoms with Gasteiger partial charge in [-0.3, -0.25) is 4.79 Å². The van der Waals surface area contributed by atoms with Gasteiger partial charge in [0.1, 0.15) is 22.8 Å². The first-order chi connectivity index (χ1) is 34.4. The van der Waals surface area contributed by atoms with Crippen molar-refractivity contribution < 1.29 is 40.6 Å². The predicted molar refractivity (Wildman–Crippen MR) is 276 cm³/mol. The van der Waals surface area contributed by atoms with Gasteiger partial charge in [-0.2, -0.15) is 31.4 Å². The van der Waals surface area contributed by atoms with Crippen LogP contribution in [-0.2, 0) is 5.54 Å². The zero-order valence-corrected chi connectivity index (χ0v) is 42.2. The summed E-state index contributed by atoms with van der Waals surface area (Å²) >= 11 is 2.39. The van der Waals surface area contributed by atoms with Gasteiger partial charge >= 0.3 is 17.8 Å². The SMILES string of the molecule is CCN(CC)c1ccc2c(c1)Oc1cc(N(CC)CC)ccc1C21c2ccccc2C(=O)N1/N=C/c1ccc(C2=CC3=C4C(=C5C=C(c6ccc(OC)cc6)SC5(C)C3(C)S2)C(F)(F)C(F)(F)C4(F)F)cc1. The molecule has 1 spiro atoms. The van der Waals surface area contributed by atoms with Crippen LogP contribution in [0, 0.1) is 0 Å². The van der Waals surface area contributed by atoms with E-state index in [0.29, 0.717) is 49.3 Å². The van der Waals surface area contributed by atoms with Crippen LogP contribution < -0.4 is 19.3 Å². The molecule has 7 nitrogen and oxygen atoms in total. The fourth-order valence-corrected chi connectivity index (χ4v) is 14.6. The molecule has 2 aliphatic carbocycles. The molecule has 1 fully saturated rings. The highest BCUT2D eigenvalue weighted by molar-refractivity contribution is 8.14. The van der Waals surface area contributed by atoms with Crippen molar-refractivity contribution in [3.05, 3.63) is 183 Å². The molecule has 5 aromatic carbocycles. The molecule has 4 heterocycles. The van der Waals surface area contributed by atoms with Crippen LogP contribution >= 0.6 is 23.5 Å². The topological polar surface area (TPSA) is 57.6 Å². The van der Waals surface area contributed by atoms with Gasteiger partial charge in [-0.25, -0.2) is 5.01 Å². The molecule has 0 saturated heterocycles. The third-order valence-corrected chi connectivity index (χ3v) is 18.8. The Hall–Kier alpha value is -6.32. The summed E-state index contributed by atoms with van der Waals surface area (Å²) in [6.07, 6.45) is 4.35. The lowest BCUT2D eigenvalue weighted by Crippen LogP contribution is -2.48. The summed E-state index contributed by atoms with van der Waals surface area (Å²) in [6, 6.07) is 33.5. The molecule has 1 saturated carbocycles. The van der Waals surface area contributed by atoms with Gasteiger partial charge in [0.2, 0.25) is 0 Å². The number of alkyl halides is 6. The standard InChI is InChI=1S/C57H50F6N4O3S2/c1-8-65(9-2)36-22-26-41-45(28-36)70-46-29-37(66(10-3)11-4)23-27-42(46)54(41)40-15-13-12-14-39(40)51(68)67(54)64-32-33-16-18-34(19-17-33)47-30-43-49-50(56(60,61)57(62,63)55(49,58)59)44-31-48(35-20-24-38(69-7)25-21-35)72-53(44,6)52(43,5)71-47/h12-32H,8-11H2,1-7H3/b64-32+. The van der Waals surface area contributed by atoms with Gasteiger partial charge in [0, 0.05) is 92.9 Å². The Kier molecular flexibility index (Phi) is 11.1. The summed E-state index contributed by atoms with van der Waals surface area (Å²) in [5.74, 6) is -14.6. The van der Waals surface area contributed by atoms with Gasteiger partial charge < -0.3 is 19.3 Å². The second-order valence-electron chi connectivity index (χ2n) is 18.9. The number of hydrogen-bond acceptors (Lipinski definition) is 8. The molecule has 370 valence electrons. The lowest BCUT2D eigenvalue weighted by atomic mass is 9.71. The van der Waals surface area contributed by atoms with Crippen LogP contribution in [0.4, 0.5) is 37.7 Å². The Morgan fingerprint density at radius 3 is 1.58 bits per heavy atom. The Bertz CT molecular complexity index is 3210. The van der Waals surface area contributed by atoms with E-state index in [1.165, 1.54) is 47.8 Å². The number of hydrazone groups is 1. The largest absolute Gasteiger partial charge is 0.497 e. The van der Waals surface area contributed by atoms with Crippen LogP contribution in [0.25, 0.3) is 9.81 Å². The highest BCUT2D eigenvalue weighted by atomic mass is 32.2. The Balaban J connectivity index is 0.990. The van der Waals surface area contributed by atoms with E-state index in [2.05, 4.69) is 37.5 Å². The minimum Gasteiger partial charge on any atom is -0.497 e. The van der Waals surface area contributed by atoms with Gasteiger partial charge in [-0.05, 0) is 112 Å². The maximum Gasteiger partial charge on any atom is 0.380 e. The molecule has 0 radical (unpaired) electrons. The second-order valence-corrected chi connectivity index (χ2v) is 21.8. The van der Waals surface area contributed by atoms with Crippen molar-refractivity contribution in [1.82, 2.24) is 5.01 Å². The van der Waals surface area contributed by atoms with Crippen molar-refractivity contribution in [2.75, 3.05) is 43.1 Å². The summed E-state index contributed by atoms with van der Waals surface area (Å²) in [5.41, 5.74) is 2.07. The number of rotatable bonds is 11. The summed E-state index contributed by atoms with van der Waals surface area (Å²) < 4.78 is 105. The number of ether oxygens (including phenoxy) is 2. The van der Waals surface area contributed by atoms with Gasteiger partial charge in [-0.1, -0.05) is 66.7 Å². The number of halogens is 6. The van der Waals surface area contributed by atoms with E-state index >= 15 is 26.3 Å². The third-order valence-electron chi connectivity index (χ3n) is 15.5. The normalized spacial score (nSPS) is 23.3. The van der Waals surface area contributed by atoms with Crippen LogP contribution in [0.2, 0.25) is 0 Å². The van der Waals surface area contributed by atoms with Crippen molar-refractivity contribution in [3.8, 4) is 17.2 Å². The van der Waals surface area contributed by atoms with Gasteiger partial charge in [0.05, 0.1) is 22.8 Å². The van der Waals surface area contributed by atoms with Crippen LogP contribution in [0.5, 0.6) is 17.2 Å². The Labute approximate surface area is 422 Å². The number of nitrogens with zero attached hydrogens (tertiary/aromatic N) is 4. The zero-order chi connectivity index (χ0) is 50.9. The average molecular weight is 1020 g/mol. The minimum atomic E-state index is -5.67. The lowest BCUT2D eigenvalue weighted by Gasteiger charge is -2.47. The highest BCUT2D eigenvalue weighted by Gasteiger charge is 2.84. The summed E-state index contributed by atoms with van der Waals surface area (Å²) in [7, 11) is 1.50. The van der Waals surface area contributed by atoms with E-state index in [0.717, 1.165) is 54.2 Å². The van der Waals surface area contributed by atoms with E-state index in [1.54, 1.807) is 74.7 Å². The van der Waals surface area contributed by atoms with Crippen LogP contribution in [0.15, 0.2) is 149 Å². The Morgan fingerprint density at radius 2 is 1.11 bits per heavy atom. The third kappa shape index (κ3) is 6.34. The molecular weight excluding hydrogens is 967 g/mol. The molecule has 15 heteroatoms. The maximum absolute atomic E-state index is 16.2. The lowest BCUT2D eigenvalue weighted by molar-refractivity contribution is -0.258. The number of anilines is 2. The number of methoxy groups -OCH3 is 1. The van der Waals surface area contributed by atoms with Crippen molar-refractivity contribution in [3.63, 3.8) is 0 Å². The van der Waals surface area contributed by atoms with Crippen LogP contribution in [-0.4, -0.2) is 77.7 Å². The Morgan fingerprint density at radius 1 is 0.639 bits per heavy atom. The molecule has 0 bridgehead atoms. The predicted octanol–water partition coefficient (Wildman–Crippen LogP) is 14.2. The molecule has 72 heavy (non-hydrogen) atoms. The first-order valence-electron chi connectivity index (χ1n) is 24.0. The molecule has 6 aliphatic rings. The summed E-state index contributed by atoms with van der Waals surface area (Å²) in [4.78, 5) is 20.2. The number of allylic oxidation sites excluding steroid dienone is 4. The van der Waals surface area contributed by atoms with Gasteiger partial charge in [0.15, 0.2) is 0 Å². The number of thioether (sulfide) groups is 2. The fraction of sp³-hybridized carbons (Fsp3) is 0.298. The molecule has 0 aromatic heterocycles. The molecule has 1 amide bonds. The maximum atomic E-state index is 16.2. The molecular formula is C57H50F6N4O3S2. The second kappa shape index (κ2) is 16.6. The molecule has 5 aromatic rings. The number of benzene rings is 5. The minimum absolute atomic E-state index is 0.241. The number of hydrogen-bond donors (Lipinski definition) is 0. The van der Waals surface area contributed by atoms with Gasteiger partial charge in [0.25, 0.3) is 5.91 Å². The number of carbonyl (C=O) groups excluding carboxylic acids is 1. The highest BCUT2D eigenvalue weighted by Crippen LogP contribution is 2.75. The van der Waals surface area contributed by atoms with Gasteiger partial charge in [-0.15, -0.1) is 23.5 Å². The van der Waals surface area contributed by atoms with Crippen LogP contribution in [0.3, 0.4) is 0 Å². The molecule has 4 aliphatic heterocycles. The number of fused-ring (bicyclic) bond motifs is 10. The quantitative estimate of drug-likeness (QED) is 0.0965. The molecule has 2 unspecified atom stereocenters. The number of amides is 1. The van der Waals surface area contributed by atoms with E-state index in [1.807, 2.05) is 54.6 Å². The first kappa shape index (κ1) is 48.0. The smallest absolute Gasteiger partial charge is 0.380 e. The molecule has 0 N–H and O–H groups in total. The molecule has 11 rings (SSSR count). The van der Waals surface area contributed by atoms with Crippen molar-refractivity contribution >= 4 is 56.8 Å². The monoisotopic (exact) mass is 1020 g/mol. The van der Waals surface area contributed by atoms with Crippen molar-refractivity contribution in [2.45, 2.75) is 74.3 Å². The van der Waals surface area contributed by atoms with Crippen molar-refractivity contribution in [1.29, 1.82) is 0 Å². The van der Waals surface area contributed by atoms with E-state index in [-0.39, 0.29) is 17.1 Å². The fourth-order valence-electron chi connectivity index (χ4n) is 11.5. The average Bonchev–Trinajstić information content (AvgIpc) is 4.03. The summed E-state index contributed by atoms with van der Waals surface area (Å²) in [5, 5.41) is 6.54. The zero-order valence-electron chi connectivity index (χ0n) is 40.6. The summed E-state index contributed by atoms with van der Waals surface area (Å²) in [6.45, 7) is 14.8. The number of carbonyl (C=O) groups is 1. The van der Waals surface area contributed by atoms with Crippen LogP contribution in [0.1, 0.15) is 85.3 Å². The van der Waals surface area contributed by atoms with E-state index in [9.17, 15) is 4.79 Å². The van der Waals surface area contributed by atoms with E-state index in [4.69, 9.17) is 14.6 Å². The first-order valence-corrected chi connectivity index (χ1v) is 25.6. The van der Waals surface area contributed by atoms with Crippen molar-refractivity contribution in [2.24, 2.45) is 5.10 Å². The van der Waals surface area contributed by atoms with E-state index < -0.39 is 43.9 Å². The molecule has 2 atom stereocenters.